The molecule has 1 aromatic carbocycles. The first kappa shape index (κ1) is 19.6. The summed E-state index contributed by atoms with van der Waals surface area (Å²) in [7, 11) is 0. The Balaban J connectivity index is 2.07. The molecule has 148 valence electrons. The molecule has 0 spiro atoms. The van der Waals surface area contributed by atoms with Crippen LogP contribution in [-0.2, 0) is 6.54 Å². The van der Waals surface area contributed by atoms with E-state index in [1.807, 2.05) is 6.07 Å². The van der Waals surface area contributed by atoms with Crippen molar-refractivity contribution < 1.29 is 19.8 Å². The van der Waals surface area contributed by atoms with Gasteiger partial charge in [-0.25, -0.2) is 9.59 Å². The number of carboxylic acids is 2. The molecule has 1 aliphatic heterocycles. The Labute approximate surface area is 161 Å². The summed E-state index contributed by atoms with van der Waals surface area (Å²) in [6, 6.07) is 6.95. The van der Waals surface area contributed by atoms with Crippen LogP contribution in [0.5, 0.6) is 0 Å². The van der Waals surface area contributed by atoms with Crippen molar-refractivity contribution in [2.75, 3.05) is 18.8 Å². The molecule has 0 amide bonds. The Kier molecular flexibility index (Phi) is 5.51. The number of anilines is 1. The maximum absolute atomic E-state index is 12.2. The van der Waals surface area contributed by atoms with Gasteiger partial charge >= 0.3 is 11.9 Å². The Morgan fingerprint density at radius 2 is 1.82 bits per heavy atom. The van der Waals surface area contributed by atoms with Crippen LogP contribution in [0.3, 0.4) is 0 Å². The number of nitrogens with zero attached hydrogens (tertiary/aromatic N) is 1. The molecule has 2 aromatic rings. The van der Waals surface area contributed by atoms with Crippen molar-refractivity contribution in [2.45, 2.75) is 26.3 Å². The lowest BCUT2D eigenvalue weighted by Gasteiger charge is -2.30. The molecule has 8 nitrogen and oxygen atoms in total. The van der Waals surface area contributed by atoms with Gasteiger partial charge in [-0.1, -0.05) is 25.1 Å². The number of aromatic amines is 1. The number of H-pyrrole nitrogens is 1. The molecule has 0 unspecified atom stereocenters. The van der Waals surface area contributed by atoms with E-state index in [0.29, 0.717) is 18.0 Å². The number of carboxylic acid groups (broad SMARTS) is 2. The van der Waals surface area contributed by atoms with Crippen LogP contribution >= 0.6 is 0 Å². The summed E-state index contributed by atoms with van der Waals surface area (Å²) in [5.41, 5.74) is 4.80. The normalized spacial score (nSPS) is 15.5. The number of pyridine rings is 1. The lowest BCUT2D eigenvalue weighted by atomic mass is 9.94. The zero-order valence-corrected chi connectivity index (χ0v) is 15.6. The monoisotopic (exact) mass is 385 g/mol. The molecule has 3 rings (SSSR count). The van der Waals surface area contributed by atoms with E-state index in [0.717, 1.165) is 31.5 Å². The van der Waals surface area contributed by atoms with Crippen molar-refractivity contribution in [3.63, 3.8) is 0 Å². The molecule has 0 bridgehead atoms. The van der Waals surface area contributed by atoms with Crippen molar-refractivity contribution >= 4 is 17.8 Å². The van der Waals surface area contributed by atoms with Gasteiger partial charge in [-0.15, -0.1) is 0 Å². The summed E-state index contributed by atoms with van der Waals surface area (Å²) in [6.45, 7) is 4.86. The van der Waals surface area contributed by atoms with Crippen LogP contribution in [-0.4, -0.2) is 45.1 Å². The van der Waals surface area contributed by atoms with Gasteiger partial charge < -0.3 is 20.9 Å². The molecule has 0 radical (unpaired) electrons. The van der Waals surface area contributed by atoms with Crippen LogP contribution in [0.15, 0.2) is 29.1 Å². The van der Waals surface area contributed by atoms with Crippen molar-refractivity contribution in [1.29, 1.82) is 0 Å². The summed E-state index contributed by atoms with van der Waals surface area (Å²) in [5, 5.41) is 19.1. The first-order chi connectivity index (χ1) is 13.3. The average Bonchev–Trinajstić information content (AvgIpc) is 2.62. The number of nitrogens with one attached hydrogen (secondary N) is 1. The standard InChI is InChI=1S/C20H23N3O5/c1-11-5-7-23(8-6-11)10-12-3-2-4-13(9-12)14-15(19(25)26)17(21)22-18(24)16(14)20(27)28/h2-4,9,11H,5-8,10H2,1H3,(H,25,26)(H,27,28)(H3,21,22,24). The number of likely N-dealkylation sites (tertiary alicyclic amines) is 1. The van der Waals surface area contributed by atoms with Crippen LogP contribution < -0.4 is 11.3 Å². The van der Waals surface area contributed by atoms with Gasteiger partial charge in [0.1, 0.15) is 16.9 Å². The highest BCUT2D eigenvalue weighted by Crippen LogP contribution is 2.30. The number of hydrogen-bond donors (Lipinski definition) is 4. The second-order valence-electron chi connectivity index (χ2n) is 7.26. The molecule has 5 N–H and O–H groups in total. The van der Waals surface area contributed by atoms with Crippen molar-refractivity contribution in [2.24, 2.45) is 5.92 Å². The summed E-state index contributed by atoms with van der Waals surface area (Å²) < 4.78 is 0. The number of carbonyl (C=O) groups is 2. The lowest BCUT2D eigenvalue weighted by Crippen LogP contribution is -2.32. The number of aromatic nitrogens is 1. The maximum Gasteiger partial charge on any atom is 0.342 e. The van der Waals surface area contributed by atoms with Gasteiger partial charge in [-0.3, -0.25) is 9.69 Å². The fourth-order valence-electron chi connectivity index (χ4n) is 3.64. The van der Waals surface area contributed by atoms with Gasteiger partial charge in [0.25, 0.3) is 5.56 Å². The van der Waals surface area contributed by atoms with Gasteiger partial charge in [-0.05, 0) is 49.0 Å². The molecular formula is C20H23N3O5. The van der Waals surface area contributed by atoms with Crippen LogP contribution in [0.1, 0.15) is 46.0 Å². The number of rotatable bonds is 5. The zero-order chi connectivity index (χ0) is 20.4. The molecule has 0 atom stereocenters. The third-order valence-corrected chi connectivity index (χ3v) is 5.17. The number of hydrogen-bond acceptors (Lipinski definition) is 5. The Bertz CT molecular complexity index is 974. The smallest absolute Gasteiger partial charge is 0.342 e. The Morgan fingerprint density at radius 1 is 1.18 bits per heavy atom. The van der Waals surface area contributed by atoms with E-state index >= 15 is 0 Å². The minimum Gasteiger partial charge on any atom is -0.478 e. The van der Waals surface area contributed by atoms with Crippen molar-refractivity contribution in [3.8, 4) is 11.1 Å². The lowest BCUT2D eigenvalue weighted by molar-refractivity contribution is 0.0695. The zero-order valence-electron chi connectivity index (χ0n) is 15.6. The van der Waals surface area contributed by atoms with E-state index in [1.165, 1.54) is 0 Å². The van der Waals surface area contributed by atoms with Crippen LogP contribution in [0, 0.1) is 5.92 Å². The minimum absolute atomic E-state index is 0.171. The molecule has 1 saturated heterocycles. The van der Waals surface area contributed by atoms with Crippen molar-refractivity contribution in [1.82, 2.24) is 9.88 Å². The van der Waals surface area contributed by atoms with Crippen molar-refractivity contribution in [3.05, 3.63) is 51.3 Å². The van der Waals surface area contributed by atoms with Gasteiger partial charge in [0.15, 0.2) is 0 Å². The fraction of sp³-hybridized carbons (Fsp3) is 0.350. The van der Waals surface area contributed by atoms with E-state index in [4.69, 9.17) is 5.73 Å². The number of piperidine rings is 1. The van der Waals surface area contributed by atoms with Crippen LogP contribution in [0.25, 0.3) is 11.1 Å². The summed E-state index contributed by atoms with van der Waals surface area (Å²) in [6.07, 6.45) is 2.24. The van der Waals surface area contributed by atoms with Gasteiger partial charge in [0.2, 0.25) is 0 Å². The quantitative estimate of drug-likeness (QED) is 0.619. The van der Waals surface area contributed by atoms with Crippen LogP contribution in [0.2, 0.25) is 0 Å². The molecule has 0 aliphatic carbocycles. The third kappa shape index (κ3) is 3.91. The first-order valence-electron chi connectivity index (χ1n) is 9.12. The van der Waals surface area contributed by atoms with E-state index in [-0.39, 0.29) is 11.4 Å². The molecule has 1 aromatic heterocycles. The molecule has 1 fully saturated rings. The van der Waals surface area contributed by atoms with E-state index in [1.54, 1.807) is 18.2 Å². The highest BCUT2D eigenvalue weighted by atomic mass is 16.4. The molecule has 1 aliphatic rings. The van der Waals surface area contributed by atoms with E-state index in [9.17, 15) is 24.6 Å². The van der Waals surface area contributed by atoms with Crippen LogP contribution in [0.4, 0.5) is 5.82 Å². The molecule has 2 heterocycles. The number of nitrogen functional groups attached to an aromatic ring is 1. The topological polar surface area (TPSA) is 137 Å². The average molecular weight is 385 g/mol. The second kappa shape index (κ2) is 7.85. The first-order valence-corrected chi connectivity index (χ1v) is 9.12. The minimum atomic E-state index is -1.51. The largest absolute Gasteiger partial charge is 0.478 e. The predicted octanol–water partition coefficient (Wildman–Crippen LogP) is 2.25. The van der Waals surface area contributed by atoms with Gasteiger partial charge in [0.05, 0.1) is 0 Å². The molecule has 28 heavy (non-hydrogen) atoms. The predicted molar refractivity (Wildman–Crippen MR) is 105 cm³/mol. The second-order valence-corrected chi connectivity index (χ2v) is 7.26. The third-order valence-electron chi connectivity index (χ3n) is 5.17. The number of benzene rings is 1. The van der Waals surface area contributed by atoms with Gasteiger partial charge in [0, 0.05) is 12.1 Å². The van der Waals surface area contributed by atoms with E-state index < -0.39 is 28.6 Å². The highest BCUT2D eigenvalue weighted by Gasteiger charge is 2.26. The summed E-state index contributed by atoms with van der Waals surface area (Å²) in [4.78, 5) is 40.0. The maximum atomic E-state index is 12.2. The molecule has 0 saturated carbocycles. The number of aromatic carboxylic acids is 2. The SMILES string of the molecule is CC1CCN(Cc2cccc(-c3c(C(=O)O)c(N)[nH]c(=O)c3C(=O)O)c2)CC1. The van der Waals surface area contributed by atoms with E-state index in [2.05, 4.69) is 16.8 Å². The molecule has 8 heteroatoms. The summed E-state index contributed by atoms with van der Waals surface area (Å²) in [5.74, 6) is -2.57. The fourth-order valence-corrected chi connectivity index (χ4v) is 3.64. The Morgan fingerprint density at radius 3 is 2.43 bits per heavy atom. The summed E-state index contributed by atoms with van der Waals surface area (Å²) >= 11 is 0. The van der Waals surface area contributed by atoms with Gasteiger partial charge in [-0.2, -0.15) is 0 Å². The molecular weight excluding hydrogens is 362 g/mol. The Hall–Kier alpha value is -3.13. The highest BCUT2D eigenvalue weighted by molar-refractivity contribution is 6.07. The number of nitrogens with two attached hydrogens (primary N) is 1.